The molecule has 2 heterocycles. The first kappa shape index (κ1) is 17.5. The van der Waals surface area contributed by atoms with Gasteiger partial charge in [0.25, 0.3) is 5.56 Å². The monoisotopic (exact) mass is 378 g/mol. The van der Waals surface area contributed by atoms with E-state index in [0.717, 1.165) is 5.56 Å². The van der Waals surface area contributed by atoms with Crippen LogP contribution in [0.3, 0.4) is 0 Å². The number of hydrogen-bond donors (Lipinski definition) is 0. The van der Waals surface area contributed by atoms with Crippen LogP contribution >= 0.6 is 11.8 Å². The van der Waals surface area contributed by atoms with Crippen LogP contribution in [0.5, 0.6) is 0 Å². The smallest absolute Gasteiger partial charge is 0.262 e. The van der Waals surface area contributed by atoms with Gasteiger partial charge in [0, 0.05) is 0 Å². The van der Waals surface area contributed by atoms with Gasteiger partial charge in [0.05, 0.1) is 23.2 Å². The predicted octanol–water partition coefficient (Wildman–Crippen LogP) is 3.74. The minimum atomic E-state index is -0.0506. The molecule has 4 rings (SSSR count). The summed E-state index contributed by atoms with van der Waals surface area (Å²) >= 11 is 1.42. The summed E-state index contributed by atoms with van der Waals surface area (Å²) in [5, 5.41) is 5.05. The van der Waals surface area contributed by atoms with Crippen LogP contribution in [0.25, 0.3) is 10.9 Å². The van der Waals surface area contributed by atoms with E-state index in [4.69, 9.17) is 9.51 Å². The molecule has 0 aliphatic carbocycles. The minimum absolute atomic E-state index is 0.0506. The lowest BCUT2D eigenvalue weighted by atomic mass is 10.1. The second-order valence-corrected chi connectivity index (χ2v) is 7.25. The molecule has 136 valence electrons. The maximum Gasteiger partial charge on any atom is 0.262 e. The van der Waals surface area contributed by atoms with Crippen molar-refractivity contribution in [1.29, 1.82) is 0 Å². The normalized spacial score (nSPS) is 11.2. The molecular weight excluding hydrogens is 360 g/mol. The number of fused-ring (bicyclic) bond motifs is 1. The number of aromatic nitrogens is 4. The van der Waals surface area contributed by atoms with Crippen LogP contribution in [0.2, 0.25) is 0 Å². The predicted molar refractivity (Wildman–Crippen MR) is 105 cm³/mol. The molecule has 4 aromatic rings. The summed E-state index contributed by atoms with van der Waals surface area (Å²) in [6.45, 7) is 4.28. The zero-order valence-corrected chi connectivity index (χ0v) is 15.9. The van der Waals surface area contributed by atoms with Gasteiger partial charge in [-0.25, -0.2) is 4.98 Å². The van der Waals surface area contributed by atoms with Crippen LogP contribution in [-0.4, -0.2) is 19.7 Å². The van der Waals surface area contributed by atoms with Crippen LogP contribution in [0.4, 0.5) is 0 Å². The average Bonchev–Trinajstić information content (AvgIpc) is 3.09. The topological polar surface area (TPSA) is 73.8 Å². The number of rotatable bonds is 5. The second kappa shape index (κ2) is 7.36. The fourth-order valence-corrected chi connectivity index (χ4v) is 3.63. The molecule has 0 unspecified atom stereocenters. The van der Waals surface area contributed by atoms with Gasteiger partial charge >= 0.3 is 0 Å². The molecule has 2 aromatic heterocycles. The molecular formula is C20H18N4O2S. The molecule has 0 bridgehead atoms. The van der Waals surface area contributed by atoms with E-state index in [-0.39, 0.29) is 5.56 Å². The summed E-state index contributed by atoms with van der Waals surface area (Å²) in [5.74, 6) is 1.57. The average molecular weight is 378 g/mol. The van der Waals surface area contributed by atoms with E-state index in [0.29, 0.717) is 40.1 Å². The Bertz CT molecular complexity index is 1150. The van der Waals surface area contributed by atoms with Gasteiger partial charge in [-0.1, -0.05) is 58.9 Å². The van der Waals surface area contributed by atoms with Crippen molar-refractivity contribution in [3.05, 3.63) is 81.7 Å². The van der Waals surface area contributed by atoms with Crippen molar-refractivity contribution in [3.63, 3.8) is 0 Å². The highest BCUT2D eigenvalue weighted by Crippen LogP contribution is 2.22. The van der Waals surface area contributed by atoms with Gasteiger partial charge in [-0.3, -0.25) is 9.36 Å². The third-order valence-electron chi connectivity index (χ3n) is 4.18. The quantitative estimate of drug-likeness (QED) is 0.389. The first-order chi connectivity index (χ1) is 13.1. The zero-order chi connectivity index (χ0) is 18.8. The highest BCUT2D eigenvalue weighted by Gasteiger charge is 2.14. The van der Waals surface area contributed by atoms with Gasteiger partial charge in [0.1, 0.15) is 0 Å². The minimum Gasteiger partial charge on any atom is -0.338 e. The van der Waals surface area contributed by atoms with Crippen LogP contribution in [0.15, 0.2) is 63.0 Å². The summed E-state index contributed by atoms with van der Waals surface area (Å²) in [6.07, 6.45) is 0. The third kappa shape index (κ3) is 3.78. The fourth-order valence-electron chi connectivity index (χ4n) is 2.80. The number of nitrogens with zero attached hydrogens (tertiary/aromatic N) is 4. The van der Waals surface area contributed by atoms with Crippen molar-refractivity contribution in [1.82, 2.24) is 19.7 Å². The van der Waals surface area contributed by atoms with Gasteiger partial charge in [0.15, 0.2) is 11.0 Å². The summed E-state index contributed by atoms with van der Waals surface area (Å²) in [7, 11) is 0. The maximum atomic E-state index is 13.1. The van der Waals surface area contributed by atoms with Crippen molar-refractivity contribution >= 4 is 22.7 Å². The summed E-state index contributed by atoms with van der Waals surface area (Å²) < 4.78 is 6.89. The Balaban J connectivity index is 1.74. The Morgan fingerprint density at radius 2 is 1.81 bits per heavy atom. The standard InChI is InChI=1S/C20H18N4O2S/c1-13-7-9-15(10-8-13)11-24-19(25)16-5-3-4-6-17(16)22-20(24)27-12-18-21-14(2)23-26-18/h3-10H,11-12H2,1-2H3. The molecule has 0 saturated carbocycles. The van der Waals surface area contributed by atoms with Crippen molar-refractivity contribution in [2.24, 2.45) is 0 Å². The van der Waals surface area contributed by atoms with Crippen LogP contribution in [-0.2, 0) is 12.3 Å². The SMILES string of the molecule is Cc1ccc(Cn2c(SCc3nc(C)no3)nc3ccccc3c2=O)cc1. The van der Waals surface area contributed by atoms with Crippen molar-refractivity contribution < 1.29 is 4.52 Å². The first-order valence-corrected chi connectivity index (χ1v) is 9.56. The molecule has 0 saturated heterocycles. The number of para-hydroxylation sites is 1. The van der Waals surface area contributed by atoms with Gasteiger partial charge in [-0.05, 0) is 31.5 Å². The van der Waals surface area contributed by atoms with Gasteiger partial charge in [0.2, 0.25) is 5.89 Å². The third-order valence-corrected chi connectivity index (χ3v) is 5.14. The van der Waals surface area contributed by atoms with Crippen molar-refractivity contribution in [2.75, 3.05) is 0 Å². The number of hydrogen-bond acceptors (Lipinski definition) is 6. The molecule has 0 amide bonds. The molecule has 0 radical (unpaired) electrons. The van der Waals surface area contributed by atoms with E-state index < -0.39 is 0 Å². The number of benzene rings is 2. The highest BCUT2D eigenvalue weighted by molar-refractivity contribution is 7.98. The van der Waals surface area contributed by atoms with Crippen LogP contribution in [0.1, 0.15) is 22.8 Å². The Kier molecular flexibility index (Phi) is 4.77. The Morgan fingerprint density at radius 3 is 2.56 bits per heavy atom. The van der Waals surface area contributed by atoms with Crippen LogP contribution in [0, 0.1) is 13.8 Å². The summed E-state index contributed by atoms with van der Waals surface area (Å²) in [4.78, 5) is 22.0. The van der Waals surface area contributed by atoms with Crippen molar-refractivity contribution in [3.8, 4) is 0 Å². The molecule has 0 aliphatic heterocycles. The molecule has 27 heavy (non-hydrogen) atoms. The molecule has 0 spiro atoms. The molecule has 6 nitrogen and oxygen atoms in total. The van der Waals surface area contributed by atoms with E-state index in [2.05, 4.69) is 10.1 Å². The molecule has 0 atom stereocenters. The molecule has 7 heteroatoms. The maximum absolute atomic E-state index is 13.1. The molecule has 2 aromatic carbocycles. The van der Waals surface area contributed by atoms with E-state index in [9.17, 15) is 4.79 Å². The van der Waals surface area contributed by atoms with E-state index in [1.807, 2.05) is 55.5 Å². The lowest BCUT2D eigenvalue weighted by Crippen LogP contribution is -2.24. The number of aryl methyl sites for hydroxylation is 2. The first-order valence-electron chi connectivity index (χ1n) is 8.57. The largest absolute Gasteiger partial charge is 0.338 e. The van der Waals surface area contributed by atoms with Gasteiger partial charge in [-0.2, -0.15) is 4.98 Å². The zero-order valence-electron chi connectivity index (χ0n) is 15.0. The lowest BCUT2D eigenvalue weighted by Gasteiger charge is -2.13. The summed E-state index contributed by atoms with van der Waals surface area (Å²) in [6, 6.07) is 15.6. The number of thioether (sulfide) groups is 1. The van der Waals surface area contributed by atoms with Crippen molar-refractivity contribution in [2.45, 2.75) is 31.3 Å². The summed E-state index contributed by atoms with van der Waals surface area (Å²) in [5.41, 5.74) is 2.87. The van der Waals surface area contributed by atoms with E-state index >= 15 is 0 Å². The molecule has 0 fully saturated rings. The lowest BCUT2D eigenvalue weighted by molar-refractivity contribution is 0.387. The van der Waals surface area contributed by atoms with Gasteiger partial charge in [-0.15, -0.1) is 0 Å². The van der Waals surface area contributed by atoms with Gasteiger partial charge < -0.3 is 4.52 Å². The molecule has 0 aliphatic rings. The Hall–Kier alpha value is -2.93. The molecule has 0 N–H and O–H groups in total. The second-order valence-electron chi connectivity index (χ2n) is 6.31. The Labute approximate surface area is 160 Å². The fraction of sp³-hybridized carbons (Fsp3) is 0.200. The Morgan fingerprint density at radius 1 is 1.04 bits per heavy atom. The van der Waals surface area contributed by atoms with E-state index in [1.54, 1.807) is 11.5 Å². The van der Waals surface area contributed by atoms with Crippen LogP contribution < -0.4 is 5.56 Å². The van der Waals surface area contributed by atoms with E-state index in [1.165, 1.54) is 17.3 Å². The highest BCUT2D eigenvalue weighted by atomic mass is 32.2.